The summed E-state index contributed by atoms with van der Waals surface area (Å²) in [6.07, 6.45) is -9.51. The lowest BCUT2D eigenvalue weighted by Crippen LogP contribution is -2.21. The summed E-state index contributed by atoms with van der Waals surface area (Å²) in [4.78, 5) is 46.7. The average Bonchev–Trinajstić information content (AvgIpc) is 3.72. The summed E-state index contributed by atoms with van der Waals surface area (Å²) in [5, 5.41) is 11.1. The Morgan fingerprint density at radius 3 is 1.58 bits per heavy atom. The van der Waals surface area contributed by atoms with Gasteiger partial charge in [0.25, 0.3) is 5.91 Å². The highest BCUT2D eigenvalue weighted by molar-refractivity contribution is 6.31. The number of benzene rings is 2. The minimum absolute atomic E-state index is 0. The number of aromatic carboxylic acids is 1. The highest BCUT2D eigenvalue weighted by Gasteiger charge is 2.46. The van der Waals surface area contributed by atoms with E-state index in [9.17, 15) is 54.3 Å². The standard InChI is InChI=1S/C16H11ClF4N2O2.C10H8F3NO3.C6H5ClFN.CH4/c1-23-13(15(25)22-7-2-4-10(18)9(17)6-7)8-3-5-11(24)12(8)14(23)16(19,20)21;1-14-7(9(16)17)4-2-3-5(15)6(4)8(14)10(11,12)13;7-5-3-4(9)1-2-6(5)8;/h2,4,6H,3,5H2,1H3,(H,22,25);2-3H2,1H3,(H,16,17);1-3H,9H2;1H4. The Bertz CT molecular complexity index is 2090. The summed E-state index contributed by atoms with van der Waals surface area (Å²) < 4.78 is 105. The third-order valence-electron chi connectivity index (χ3n) is 7.83. The lowest BCUT2D eigenvalue weighted by Gasteiger charge is -2.12. The van der Waals surface area contributed by atoms with Crippen molar-refractivity contribution in [3.05, 3.63) is 103 Å². The molecular weight excluding hydrogens is 755 g/mol. The molecule has 0 saturated carbocycles. The predicted molar refractivity (Wildman–Crippen MR) is 175 cm³/mol. The molecule has 0 saturated heterocycles. The number of amides is 1. The molecule has 9 nitrogen and oxygen atoms in total. The minimum Gasteiger partial charge on any atom is -0.477 e. The Morgan fingerprint density at radius 1 is 0.750 bits per heavy atom. The number of carbonyl (C=O) groups is 4. The van der Waals surface area contributed by atoms with Crippen LogP contribution in [0.1, 0.15) is 84.5 Å². The van der Waals surface area contributed by atoms with E-state index in [0.717, 1.165) is 26.2 Å². The van der Waals surface area contributed by atoms with Crippen LogP contribution in [0.25, 0.3) is 0 Å². The van der Waals surface area contributed by atoms with Crippen LogP contribution < -0.4 is 11.1 Å². The van der Waals surface area contributed by atoms with Crippen LogP contribution in [0.3, 0.4) is 0 Å². The zero-order valence-corrected chi connectivity index (χ0v) is 27.6. The van der Waals surface area contributed by atoms with Crippen LogP contribution in [0.15, 0.2) is 36.4 Å². The van der Waals surface area contributed by atoms with Crippen LogP contribution in [-0.4, -0.2) is 37.7 Å². The molecule has 2 aliphatic carbocycles. The number of fused-ring (bicyclic) bond motifs is 2. The second-order valence-corrected chi connectivity index (χ2v) is 11.9. The molecule has 52 heavy (non-hydrogen) atoms. The molecule has 2 aromatic heterocycles. The first-order chi connectivity index (χ1) is 23.6. The van der Waals surface area contributed by atoms with Gasteiger partial charge >= 0.3 is 18.3 Å². The van der Waals surface area contributed by atoms with E-state index in [-0.39, 0.29) is 65.7 Å². The topological polar surface area (TPSA) is 136 Å². The number of alkyl halides is 6. The first kappa shape index (κ1) is 41.5. The van der Waals surface area contributed by atoms with Crippen molar-refractivity contribution in [1.82, 2.24) is 9.13 Å². The number of aromatic nitrogens is 2. The maximum absolute atomic E-state index is 13.3. The summed E-state index contributed by atoms with van der Waals surface area (Å²) in [5.41, 5.74) is 2.05. The van der Waals surface area contributed by atoms with Crippen LogP contribution in [-0.2, 0) is 39.3 Å². The fourth-order valence-electron chi connectivity index (χ4n) is 5.80. The molecule has 0 unspecified atom stereocenters. The second kappa shape index (κ2) is 15.4. The molecule has 0 radical (unpaired) electrons. The van der Waals surface area contributed by atoms with E-state index in [0.29, 0.717) is 14.8 Å². The van der Waals surface area contributed by atoms with Gasteiger partial charge in [-0.2, -0.15) is 26.3 Å². The number of nitrogen functional groups attached to an aromatic ring is 1. The van der Waals surface area contributed by atoms with Crippen molar-refractivity contribution < 1.29 is 59.4 Å². The van der Waals surface area contributed by atoms with Crippen molar-refractivity contribution in [2.24, 2.45) is 14.1 Å². The van der Waals surface area contributed by atoms with Gasteiger partial charge in [-0.25, -0.2) is 13.6 Å². The van der Waals surface area contributed by atoms with Crippen LogP contribution in [0.5, 0.6) is 0 Å². The number of carbonyl (C=O) groups excluding carboxylic acids is 3. The number of hydrogen-bond acceptors (Lipinski definition) is 5. The average molecular weight is 784 g/mol. The van der Waals surface area contributed by atoms with Crippen LogP contribution >= 0.6 is 23.2 Å². The number of hydrogen-bond donors (Lipinski definition) is 3. The van der Waals surface area contributed by atoms with E-state index in [4.69, 9.17) is 34.0 Å². The Hall–Kier alpha value is -4.90. The van der Waals surface area contributed by atoms with Gasteiger partial charge < -0.3 is 25.3 Å². The fourth-order valence-corrected chi connectivity index (χ4v) is 6.17. The van der Waals surface area contributed by atoms with Gasteiger partial charge in [0.15, 0.2) is 11.6 Å². The lowest BCUT2D eigenvalue weighted by atomic mass is 10.1. The summed E-state index contributed by atoms with van der Waals surface area (Å²) >= 11 is 11.0. The number of carboxylic acids is 1. The summed E-state index contributed by atoms with van der Waals surface area (Å²) in [6, 6.07) is 7.47. The van der Waals surface area contributed by atoms with Gasteiger partial charge in [-0.05, 0) is 60.4 Å². The predicted octanol–water partition coefficient (Wildman–Crippen LogP) is 8.79. The molecule has 4 aromatic rings. The van der Waals surface area contributed by atoms with Gasteiger partial charge in [0, 0.05) is 38.3 Å². The molecule has 0 bridgehead atoms. The number of ketones is 2. The smallest absolute Gasteiger partial charge is 0.432 e. The molecule has 2 heterocycles. The summed E-state index contributed by atoms with van der Waals surface area (Å²) in [6.45, 7) is 0. The number of halogens is 10. The van der Waals surface area contributed by atoms with Crippen LogP contribution in [0.4, 0.5) is 46.5 Å². The first-order valence-electron chi connectivity index (χ1n) is 14.4. The molecule has 6 rings (SSSR count). The van der Waals surface area contributed by atoms with Crippen molar-refractivity contribution >= 4 is 58.0 Å². The fraction of sp³-hybridized carbons (Fsp3) is 0.273. The van der Waals surface area contributed by atoms with Crippen molar-refractivity contribution in [1.29, 1.82) is 0 Å². The number of Topliss-reactive ketones (excluding diaryl/α,β-unsaturated/α-hetero) is 2. The molecule has 4 N–H and O–H groups in total. The number of rotatable bonds is 3. The number of nitrogens with two attached hydrogens (primary N) is 1. The van der Waals surface area contributed by atoms with Crippen molar-refractivity contribution in [2.75, 3.05) is 11.1 Å². The molecule has 2 aromatic carbocycles. The Kier molecular flexibility index (Phi) is 12.3. The Balaban J connectivity index is 0.000000233. The number of nitrogens with one attached hydrogen (secondary N) is 1. The highest BCUT2D eigenvalue weighted by atomic mass is 35.5. The molecule has 280 valence electrons. The minimum atomic E-state index is -4.77. The molecule has 0 atom stereocenters. The van der Waals surface area contributed by atoms with E-state index in [1.54, 1.807) is 0 Å². The van der Waals surface area contributed by atoms with Gasteiger partial charge in [0.05, 0.1) is 21.2 Å². The SMILES string of the molecule is C.Cn1c(C(=O)Nc2ccc(F)c(Cl)c2)c2c(c1C(F)(F)F)C(=O)CC2.Cn1c(C(=O)O)c2c(c1C(F)(F)F)C(=O)CC2.Nc1ccc(F)c(Cl)c1. The summed E-state index contributed by atoms with van der Waals surface area (Å²) in [5.74, 6) is -4.69. The molecule has 0 aliphatic heterocycles. The zero-order valence-electron chi connectivity index (χ0n) is 26.1. The van der Waals surface area contributed by atoms with Gasteiger partial charge in [0.2, 0.25) is 0 Å². The number of nitrogens with zero attached hydrogens (tertiary/aromatic N) is 2. The van der Waals surface area contributed by atoms with Gasteiger partial charge in [-0.15, -0.1) is 0 Å². The van der Waals surface area contributed by atoms with Gasteiger partial charge in [-0.1, -0.05) is 30.6 Å². The van der Waals surface area contributed by atoms with E-state index >= 15 is 0 Å². The molecular formula is C33H28Cl2F8N4O5. The molecule has 0 fully saturated rings. The lowest BCUT2D eigenvalue weighted by molar-refractivity contribution is -0.144. The van der Waals surface area contributed by atoms with E-state index < -0.39 is 75.6 Å². The molecule has 19 heteroatoms. The maximum Gasteiger partial charge on any atom is 0.432 e. The Labute approximate surface area is 299 Å². The van der Waals surface area contributed by atoms with Gasteiger partial charge in [-0.3, -0.25) is 14.4 Å². The maximum atomic E-state index is 13.3. The largest absolute Gasteiger partial charge is 0.477 e. The van der Waals surface area contributed by atoms with E-state index in [1.807, 2.05) is 0 Å². The van der Waals surface area contributed by atoms with Gasteiger partial charge in [0.1, 0.15) is 34.4 Å². The zero-order chi connectivity index (χ0) is 38.3. The quantitative estimate of drug-likeness (QED) is 0.140. The van der Waals surface area contributed by atoms with Crippen molar-refractivity contribution in [3.63, 3.8) is 0 Å². The first-order valence-corrected chi connectivity index (χ1v) is 15.2. The third kappa shape index (κ3) is 8.25. The third-order valence-corrected chi connectivity index (χ3v) is 8.41. The Morgan fingerprint density at radius 2 is 1.17 bits per heavy atom. The summed E-state index contributed by atoms with van der Waals surface area (Å²) in [7, 11) is 2.10. The normalized spacial score (nSPS) is 13.3. The molecule has 1 amide bonds. The number of anilines is 2. The van der Waals surface area contributed by atoms with Crippen molar-refractivity contribution in [2.45, 2.75) is 45.5 Å². The van der Waals surface area contributed by atoms with E-state index in [1.165, 1.54) is 24.3 Å². The second-order valence-electron chi connectivity index (χ2n) is 11.1. The van der Waals surface area contributed by atoms with Crippen LogP contribution in [0, 0.1) is 11.6 Å². The molecule has 0 spiro atoms. The van der Waals surface area contributed by atoms with Crippen molar-refractivity contribution in [3.8, 4) is 0 Å². The number of carboxylic acid groups (broad SMARTS) is 1. The van der Waals surface area contributed by atoms with Crippen LogP contribution in [0.2, 0.25) is 10.0 Å². The highest BCUT2D eigenvalue weighted by Crippen LogP contribution is 2.41. The monoisotopic (exact) mass is 782 g/mol. The molecule has 2 aliphatic rings. The van der Waals surface area contributed by atoms with E-state index in [2.05, 4.69) is 5.32 Å².